The molecule has 0 unspecified atom stereocenters. The first-order valence-corrected chi connectivity index (χ1v) is 3.35. The van der Waals surface area contributed by atoms with Crippen molar-refractivity contribution in [1.29, 1.82) is 0 Å². The molecule has 0 amide bonds. The van der Waals surface area contributed by atoms with E-state index in [0.29, 0.717) is 6.61 Å². The molecule has 65 valence electrons. The van der Waals surface area contributed by atoms with Gasteiger partial charge in [0.25, 0.3) is 0 Å². The van der Waals surface area contributed by atoms with Crippen LogP contribution >= 0.6 is 0 Å². The molecule has 1 aliphatic heterocycles. The van der Waals surface area contributed by atoms with Crippen LogP contribution in [0.1, 0.15) is 5.56 Å². The number of para-hydroxylation sites is 1. The van der Waals surface area contributed by atoms with Gasteiger partial charge in [-0.15, -0.1) is 0 Å². The van der Waals surface area contributed by atoms with Crippen LogP contribution in [0.2, 0.25) is 0 Å². The molecule has 3 heteroatoms. The molecular formula is C9H8CoOW. The van der Waals surface area contributed by atoms with Gasteiger partial charge < -0.3 is 4.74 Å². The number of hydrogen-bond donors (Lipinski definition) is 0. The molecule has 0 spiro atoms. The fraction of sp³-hybridized carbons (Fsp3) is 0.111. The zero-order valence-electron chi connectivity index (χ0n) is 6.32. The molecule has 0 saturated heterocycles. The van der Waals surface area contributed by atoms with Gasteiger partial charge in [0.05, 0.1) is 0 Å². The minimum absolute atomic E-state index is 0. The fourth-order valence-electron chi connectivity index (χ4n) is 1.06. The van der Waals surface area contributed by atoms with Crippen LogP contribution in [0.15, 0.2) is 30.3 Å². The average molecular weight is 375 g/mol. The number of hydrogen-bond acceptors (Lipinski definition) is 1. The SMILES string of the molecule is C1=Cc2ccccc2OC1.[Co].[W]. The summed E-state index contributed by atoms with van der Waals surface area (Å²) < 4.78 is 5.34. The Kier molecular flexibility index (Phi) is 5.55. The Labute approximate surface area is 96.7 Å². The average Bonchev–Trinajstić information content (AvgIpc) is 2.05. The van der Waals surface area contributed by atoms with Gasteiger partial charge in [0.15, 0.2) is 0 Å². The number of benzene rings is 1. The van der Waals surface area contributed by atoms with Crippen LogP contribution < -0.4 is 4.74 Å². The standard InChI is InChI=1S/C9H8O.Co.W/c1-2-6-9-8(4-1)5-3-7-10-9;;/h1-6H,7H2;;. The Morgan fingerprint density at radius 3 is 2.67 bits per heavy atom. The monoisotopic (exact) mass is 375 g/mol. The van der Waals surface area contributed by atoms with Crippen LogP contribution in [-0.2, 0) is 37.8 Å². The van der Waals surface area contributed by atoms with Gasteiger partial charge in [-0.05, 0) is 12.1 Å². The van der Waals surface area contributed by atoms with E-state index in [1.54, 1.807) is 0 Å². The Morgan fingerprint density at radius 1 is 1.17 bits per heavy atom. The van der Waals surface area contributed by atoms with E-state index in [9.17, 15) is 0 Å². The van der Waals surface area contributed by atoms with Gasteiger partial charge in [-0.3, -0.25) is 0 Å². The second kappa shape index (κ2) is 5.57. The van der Waals surface area contributed by atoms with E-state index in [2.05, 4.69) is 6.08 Å². The molecule has 0 aliphatic carbocycles. The first kappa shape index (κ1) is 12.0. The molecule has 0 bridgehead atoms. The third-order valence-corrected chi connectivity index (χ3v) is 1.55. The maximum atomic E-state index is 5.34. The predicted octanol–water partition coefficient (Wildman–Crippen LogP) is 2.09. The summed E-state index contributed by atoms with van der Waals surface area (Å²) in [5.41, 5.74) is 1.17. The van der Waals surface area contributed by atoms with Gasteiger partial charge >= 0.3 is 0 Å². The molecule has 0 aromatic heterocycles. The van der Waals surface area contributed by atoms with Crippen molar-refractivity contribution in [3.05, 3.63) is 35.9 Å². The van der Waals surface area contributed by atoms with Crippen LogP contribution in [-0.4, -0.2) is 6.61 Å². The molecule has 1 heterocycles. The summed E-state index contributed by atoms with van der Waals surface area (Å²) >= 11 is 0. The van der Waals surface area contributed by atoms with Crippen molar-refractivity contribution in [1.82, 2.24) is 0 Å². The summed E-state index contributed by atoms with van der Waals surface area (Å²) in [6.45, 7) is 0.705. The van der Waals surface area contributed by atoms with Crippen molar-refractivity contribution in [3.63, 3.8) is 0 Å². The van der Waals surface area contributed by atoms with E-state index in [1.807, 2.05) is 30.3 Å². The van der Waals surface area contributed by atoms with E-state index < -0.39 is 0 Å². The van der Waals surface area contributed by atoms with Crippen molar-refractivity contribution in [2.45, 2.75) is 0 Å². The summed E-state index contributed by atoms with van der Waals surface area (Å²) in [6.07, 6.45) is 4.10. The number of fused-ring (bicyclic) bond motifs is 1. The summed E-state index contributed by atoms with van der Waals surface area (Å²) in [4.78, 5) is 0. The molecule has 0 fully saturated rings. The Morgan fingerprint density at radius 2 is 1.92 bits per heavy atom. The summed E-state index contributed by atoms with van der Waals surface area (Å²) in [6, 6.07) is 8.03. The molecule has 1 nitrogen and oxygen atoms in total. The molecule has 1 aliphatic rings. The molecule has 1 radical (unpaired) electrons. The Bertz CT molecular complexity index is 273. The van der Waals surface area contributed by atoms with Crippen LogP contribution in [0.4, 0.5) is 0 Å². The normalized spacial score (nSPS) is 11.7. The topological polar surface area (TPSA) is 9.23 Å². The first-order chi connectivity index (χ1) is 4.97. The molecule has 0 N–H and O–H groups in total. The van der Waals surface area contributed by atoms with Crippen molar-refractivity contribution in [2.24, 2.45) is 0 Å². The second-order valence-electron chi connectivity index (χ2n) is 2.25. The fourth-order valence-corrected chi connectivity index (χ4v) is 1.06. The molecule has 0 saturated carbocycles. The van der Waals surface area contributed by atoms with E-state index in [1.165, 1.54) is 5.56 Å². The quantitative estimate of drug-likeness (QED) is 0.675. The molecule has 0 atom stereocenters. The van der Waals surface area contributed by atoms with E-state index in [0.717, 1.165) is 5.75 Å². The third kappa shape index (κ3) is 2.48. The van der Waals surface area contributed by atoms with Crippen molar-refractivity contribution >= 4 is 6.08 Å². The maximum absolute atomic E-state index is 5.34. The van der Waals surface area contributed by atoms with Gasteiger partial charge in [-0.25, -0.2) is 0 Å². The van der Waals surface area contributed by atoms with Crippen LogP contribution in [0.25, 0.3) is 6.08 Å². The van der Waals surface area contributed by atoms with Gasteiger partial charge in [-0.2, -0.15) is 0 Å². The van der Waals surface area contributed by atoms with Crippen LogP contribution in [0.3, 0.4) is 0 Å². The smallest absolute Gasteiger partial charge is 0.126 e. The minimum atomic E-state index is 0. The van der Waals surface area contributed by atoms with E-state index in [4.69, 9.17) is 4.74 Å². The Hall–Kier alpha value is -0.0452. The molecule has 1 aromatic carbocycles. The maximum Gasteiger partial charge on any atom is 0.126 e. The zero-order valence-corrected chi connectivity index (χ0v) is 10.3. The van der Waals surface area contributed by atoms with Gasteiger partial charge in [0.2, 0.25) is 0 Å². The van der Waals surface area contributed by atoms with Crippen LogP contribution in [0.5, 0.6) is 5.75 Å². The Balaban J connectivity index is 0.000000605. The second-order valence-corrected chi connectivity index (χ2v) is 2.25. The minimum Gasteiger partial charge on any atom is -0.489 e. The summed E-state index contributed by atoms with van der Waals surface area (Å²) in [5.74, 6) is 0.991. The number of rotatable bonds is 0. The van der Waals surface area contributed by atoms with E-state index >= 15 is 0 Å². The predicted molar refractivity (Wildman–Crippen MR) is 41.0 cm³/mol. The molecular weight excluding hydrogens is 367 g/mol. The largest absolute Gasteiger partial charge is 0.489 e. The van der Waals surface area contributed by atoms with Gasteiger partial charge in [0.1, 0.15) is 12.4 Å². The molecule has 1 aromatic rings. The van der Waals surface area contributed by atoms with Crippen LogP contribution in [0, 0.1) is 0 Å². The van der Waals surface area contributed by atoms with Gasteiger partial charge in [0, 0.05) is 43.4 Å². The molecule has 2 rings (SSSR count). The third-order valence-electron chi connectivity index (χ3n) is 1.55. The summed E-state index contributed by atoms with van der Waals surface area (Å²) in [7, 11) is 0. The molecule has 12 heavy (non-hydrogen) atoms. The number of ether oxygens (including phenoxy) is 1. The van der Waals surface area contributed by atoms with Crippen molar-refractivity contribution in [3.8, 4) is 5.75 Å². The van der Waals surface area contributed by atoms with Crippen molar-refractivity contribution in [2.75, 3.05) is 6.61 Å². The summed E-state index contributed by atoms with van der Waals surface area (Å²) in [5, 5.41) is 0. The van der Waals surface area contributed by atoms with E-state index in [-0.39, 0.29) is 37.8 Å². The first-order valence-electron chi connectivity index (χ1n) is 3.35. The van der Waals surface area contributed by atoms with Crippen molar-refractivity contribution < 1.29 is 42.6 Å². The van der Waals surface area contributed by atoms with Gasteiger partial charge in [-0.1, -0.05) is 24.3 Å². The zero-order chi connectivity index (χ0) is 6.81.